The minimum absolute atomic E-state index is 0.0604. The molecule has 0 aliphatic heterocycles. The molecule has 0 atom stereocenters. The predicted octanol–water partition coefficient (Wildman–Crippen LogP) is 2.74. The molecule has 0 aliphatic carbocycles. The van der Waals surface area contributed by atoms with E-state index in [1.807, 2.05) is 32.4 Å². The Bertz CT molecular complexity index is 213. The Balaban J connectivity index is 4.57. The zero-order valence-corrected chi connectivity index (χ0v) is 11.0. The molecule has 3 nitrogen and oxygen atoms in total. The van der Waals surface area contributed by atoms with Crippen molar-refractivity contribution in [3.63, 3.8) is 0 Å². The van der Waals surface area contributed by atoms with E-state index < -0.39 is 6.99 Å². The molecule has 0 amide bonds. The molecule has 0 spiro atoms. The molecule has 0 rings (SSSR count). The Labute approximate surface area is 91.9 Å². The second-order valence-corrected chi connectivity index (χ2v) is 8.66. The van der Waals surface area contributed by atoms with Gasteiger partial charge in [-0.2, -0.15) is 0 Å². The molecule has 5 heteroatoms. The SMILES string of the molecule is CC(C)N(CCC#N)[PH](O)(Cl)C(C)C. The van der Waals surface area contributed by atoms with Crippen LogP contribution in [0.3, 0.4) is 0 Å². The second-order valence-electron chi connectivity index (χ2n) is 3.99. The topological polar surface area (TPSA) is 47.3 Å². The summed E-state index contributed by atoms with van der Waals surface area (Å²) in [6.45, 7) is 5.51. The molecule has 0 heterocycles. The first-order valence-corrected chi connectivity index (χ1v) is 7.87. The molecule has 0 aliphatic rings. The fourth-order valence-corrected chi connectivity index (χ4v) is 3.93. The van der Waals surface area contributed by atoms with Crippen molar-refractivity contribution in [2.24, 2.45) is 0 Å². The van der Waals surface area contributed by atoms with E-state index in [0.29, 0.717) is 13.0 Å². The third kappa shape index (κ3) is 3.71. The van der Waals surface area contributed by atoms with Crippen molar-refractivity contribution < 1.29 is 4.89 Å². The maximum atomic E-state index is 10.2. The van der Waals surface area contributed by atoms with Crippen molar-refractivity contribution in [2.45, 2.75) is 45.8 Å². The molecule has 0 radical (unpaired) electrons. The molecule has 0 aromatic carbocycles. The standard InChI is InChI=1S/C9H20ClN2OP/c1-8(2)12(7-5-6-11)14(10,13)9(3)4/h8-9,13-14H,5,7H2,1-4H3. The van der Waals surface area contributed by atoms with Crippen molar-refractivity contribution >= 4 is 18.2 Å². The fraction of sp³-hybridized carbons (Fsp3) is 0.889. The molecule has 14 heavy (non-hydrogen) atoms. The summed E-state index contributed by atoms with van der Waals surface area (Å²) >= 11 is 6.18. The molecule has 1 N–H and O–H groups in total. The van der Waals surface area contributed by atoms with Crippen molar-refractivity contribution in [3.05, 3.63) is 0 Å². The first kappa shape index (κ1) is 14.1. The number of nitrogens with zero attached hydrogens (tertiary/aromatic N) is 2. The molecular weight excluding hydrogens is 219 g/mol. The fourth-order valence-electron chi connectivity index (χ4n) is 1.28. The maximum absolute atomic E-state index is 10.2. The molecule has 0 aromatic heterocycles. The van der Waals surface area contributed by atoms with E-state index in [2.05, 4.69) is 6.07 Å². The first-order valence-electron chi connectivity index (χ1n) is 4.89. The summed E-state index contributed by atoms with van der Waals surface area (Å²) in [4.78, 5) is 10.2. The van der Waals surface area contributed by atoms with Crippen LogP contribution in [0.1, 0.15) is 34.1 Å². The second kappa shape index (κ2) is 5.88. The van der Waals surface area contributed by atoms with Gasteiger partial charge in [-0.05, 0) is 0 Å². The normalized spacial score (nSPS) is 13.7. The summed E-state index contributed by atoms with van der Waals surface area (Å²) in [6.07, 6.45) is 0.410. The average Bonchev–Trinajstić information content (AvgIpc) is 2.03. The summed E-state index contributed by atoms with van der Waals surface area (Å²) in [5, 5.41) is 8.52. The van der Waals surface area contributed by atoms with Gasteiger partial charge < -0.3 is 0 Å². The van der Waals surface area contributed by atoms with Crippen LogP contribution in [0, 0.1) is 11.3 Å². The molecule has 84 valence electrons. The van der Waals surface area contributed by atoms with Gasteiger partial charge in [0.15, 0.2) is 0 Å². The number of nitriles is 1. The Morgan fingerprint density at radius 1 is 1.43 bits per heavy atom. The van der Waals surface area contributed by atoms with Crippen LogP contribution in [0.15, 0.2) is 0 Å². The minimum atomic E-state index is -2.86. The Morgan fingerprint density at radius 2 is 1.93 bits per heavy atom. The first-order chi connectivity index (χ1) is 6.34. The van der Waals surface area contributed by atoms with Crippen molar-refractivity contribution in [1.29, 1.82) is 5.26 Å². The van der Waals surface area contributed by atoms with E-state index >= 15 is 0 Å². The van der Waals surface area contributed by atoms with Crippen LogP contribution in [-0.2, 0) is 0 Å². The quantitative estimate of drug-likeness (QED) is 0.750. The van der Waals surface area contributed by atoms with Crippen molar-refractivity contribution in [3.8, 4) is 6.07 Å². The molecule has 0 aromatic rings. The Morgan fingerprint density at radius 3 is 2.21 bits per heavy atom. The van der Waals surface area contributed by atoms with Gasteiger partial charge in [0.25, 0.3) is 0 Å². The summed E-state index contributed by atoms with van der Waals surface area (Å²) in [7, 11) is 0. The van der Waals surface area contributed by atoms with Crippen LogP contribution in [0.2, 0.25) is 0 Å². The van der Waals surface area contributed by atoms with Gasteiger partial charge in [-0.1, -0.05) is 0 Å². The monoisotopic (exact) mass is 238 g/mol. The molecule has 0 fully saturated rings. The van der Waals surface area contributed by atoms with Crippen LogP contribution < -0.4 is 0 Å². The average molecular weight is 239 g/mol. The van der Waals surface area contributed by atoms with Gasteiger partial charge in [0.1, 0.15) is 0 Å². The van der Waals surface area contributed by atoms with Gasteiger partial charge in [-0.3, -0.25) is 0 Å². The molecule has 0 unspecified atom stereocenters. The van der Waals surface area contributed by atoms with Crippen LogP contribution in [0.5, 0.6) is 0 Å². The summed E-state index contributed by atoms with van der Waals surface area (Å²) in [6, 6.07) is 2.26. The third-order valence-electron chi connectivity index (χ3n) is 2.23. The number of hydrogen-bond acceptors (Lipinski definition) is 3. The number of halogens is 1. The van der Waals surface area contributed by atoms with E-state index in [1.54, 1.807) is 0 Å². The van der Waals surface area contributed by atoms with E-state index in [-0.39, 0.29) is 11.7 Å². The van der Waals surface area contributed by atoms with Gasteiger partial charge >= 0.3 is 91.5 Å². The predicted molar refractivity (Wildman–Crippen MR) is 63.6 cm³/mol. The van der Waals surface area contributed by atoms with E-state index in [4.69, 9.17) is 16.5 Å². The van der Waals surface area contributed by atoms with Crippen LogP contribution >= 0.6 is 18.2 Å². The zero-order valence-electron chi connectivity index (χ0n) is 9.29. The van der Waals surface area contributed by atoms with Crippen LogP contribution in [-0.4, -0.2) is 27.8 Å². The van der Waals surface area contributed by atoms with Gasteiger partial charge in [-0.25, -0.2) is 0 Å². The summed E-state index contributed by atoms with van der Waals surface area (Å²) < 4.78 is 1.88. The van der Waals surface area contributed by atoms with Crippen LogP contribution in [0.4, 0.5) is 0 Å². The number of hydrogen-bond donors (Lipinski definition) is 1. The van der Waals surface area contributed by atoms with E-state index in [9.17, 15) is 4.89 Å². The van der Waals surface area contributed by atoms with E-state index in [1.165, 1.54) is 0 Å². The van der Waals surface area contributed by atoms with Crippen LogP contribution in [0.25, 0.3) is 0 Å². The molecule has 0 bridgehead atoms. The third-order valence-corrected chi connectivity index (χ3v) is 7.20. The number of rotatable bonds is 5. The Kier molecular flexibility index (Phi) is 5.93. The summed E-state index contributed by atoms with van der Waals surface area (Å²) in [5.41, 5.74) is 0.0604. The molecular formula is C9H20ClN2OP. The van der Waals surface area contributed by atoms with Gasteiger partial charge in [0.2, 0.25) is 0 Å². The Hall–Kier alpha value is 0.130. The van der Waals surface area contributed by atoms with Gasteiger partial charge in [-0.15, -0.1) is 0 Å². The summed E-state index contributed by atoms with van der Waals surface area (Å²) in [5.74, 6) is 0. The zero-order chi connectivity index (χ0) is 11.4. The molecule has 0 saturated carbocycles. The molecule has 0 saturated heterocycles. The van der Waals surface area contributed by atoms with Crippen molar-refractivity contribution in [2.75, 3.05) is 6.54 Å². The van der Waals surface area contributed by atoms with Gasteiger partial charge in [0.05, 0.1) is 0 Å². The van der Waals surface area contributed by atoms with Crippen molar-refractivity contribution in [1.82, 2.24) is 4.67 Å². The van der Waals surface area contributed by atoms with Gasteiger partial charge in [0, 0.05) is 0 Å². The van der Waals surface area contributed by atoms with E-state index in [0.717, 1.165) is 0 Å².